The largest absolute Gasteiger partial charge is 0.497 e. The van der Waals surface area contributed by atoms with Crippen molar-refractivity contribution < 1.29 is 28.5 Å². The molecule has 0 radical (unpaired) electrons. The second kappa shape index (κ2) is 8.52. The summed E-state index contributed by atoms with van der Waals surface area (Å²) in [6.07, 6.45) is 1.38. The molecule has 0 atom stereocenters. The molecule has 2 amide bonds. The van der Waals surface area contributed by atoms with Gasteiger partial charge in [-0.3, -0.25) is 9.59 Å². The van der Waals surface area contributed by atoms with Gasteiger partial charge in [-0.1, -0.05) is 12.1 Å². The van der Waals surface area contributed by atoms with Gasteiger partial charge in [0.2, 0.25) is 12.5 Å². The second-order valence-corrected chi connectivity index (χ2v) is 7.19. The van der Waals surface area contributed by atoms with Crippen molar-refractivity contribution in [3.05, 3.63) is 47.0 Å². The summed E-state index contributed by atoms with van der Waals surface area (Å²) < 4.78 is 21.9. The van der Waals surface area contributed by atoms with Gasteiger partial charge in [-0.2, -0.15) is 0 Å². The van der Waals surface area contributed by atoms with Crippen LogP contribution >= 0.6 is 0 Å². The van der Waals surface area contributed by atoms with E-state index in [1.54, 1.807) is 19.1 Å². The van der Waals surface area contributed by atoms with E-state index in [1.807, 2.05) is 30.3 Å². The average Bonchev–Trinajstić information content (AvgIpc) is 3.23. The van der Waals surface area contributed by atoms with Crippen molar-refractivity contribution in [3.63, 3.8) is 0 Å². The molecule has 30 heavy (non-hydrogen) atoms. The summed E-state index contributed by atoms with van der Waals surface area (Å²) in [4.78, 5) is 26.6. The zero-order valence-electron chi connectivity index (χ0n) is 17.0. The van der Waals surface area contributed by atoms with E-state index >= 15 is 0 Å². The molecule has 0 saturated heterocycles. The maximum absolute atomic E-state index is 12.7. The predicted molar refractivity (Wildman–Crippen MR) is 108 cm³/mol. The van der Waals surface area contributed by atoms with Crippen molar-refractivity contribution in [2.45, 2.75) is 12.8 Å². The summed E-state index contributed by atoms with van der Waals surface area (Å²) in [6.45, 7) is 0.941. The fourth-order valence-corrected chi connectivity index (χ4v) is 3.54. The molecular weight excluding hydrogens is 388 g/mol. The number of likely N-dealkylation sites (N-methyl/N-ethyl adjacent to an activating group) is 1. The molecule has 2 aromatic rings. The van der Waals surface area contributed by atoms with Crippen molar-refractivity contribution in [3.8, 4) is 23.0 Å². The third-order valence-electron chi connectivity index (χ3n) is 5.22. The Hall–Kier alpha value is -3.42. The standard InChI is InChI=1S/C22H24N2O6/c1-24-10-8-15-11-17-20(30-13-29-17)21(19(15)22(24)26)28-12-18(25)23-9-7-14-3-5-16(27-2)6-4-14/h3-6,11H,7-10,12-13H2,1-2H3,(H,23,25). The first-order chi connectivity index (χ1) is 14.6. The molecule has 8 nitrogen and oxygen atoms in total. The summed E-state index contributed by atoms with van der Waals surface area (Å²) in [7, 11) is 3.36. The van der Waals surface area contributed by atoms with Gasteiger partial charge in [0.05, 0.1) is 12.7 Å². The molecule has 2 aliphatic rings. The number of rotatable bonds is 7. The van der Waals surface area contributed by atoms with Crippen molar-refractivity contribution in [1.82, 2.24) is 10.2 Å². The lowest BCUT2D eigenvalue weighted by Gasteiger charge is -2.27. The average molecular weight is 412 g/mol. The quantitative estimate of drug-likeness (QED) is 0.746. The number of hydrogen-bond donors (Lipinski definition) is 1. The van der Waals surface area contributed by atoms with Gasteiger partial charge in [-0.05, 0) is 42.2 Å². The van der Waals surface area contributed by atoms with E-state index in [2.05, 4.69) is 5.32 Å². The fraction of sp³-hybridized carbons (Fsp3) is 0.364. The highest BCUT2D eigenvalue weighted by Gasteiger charge is 2.33. The highest BCUT2D eigenvalue weighted by atomic mass is 16.7. The minimum absolute atomic E-state index is 0.0622. The Kier molecular flexibility index (Phi) is 5.65. The van der Waals surface area contributed by atoms with Gasteiger partial charge in [0, 0.05) is 20.1 Å². The summed E-state index contributed by atoms with van der Waals surface area (Å²) in [5, 5.41) is 2.84. The summed E-state index contributed by atoms with van der Waals surface area (Å²) in [6, 6.07) is 9.51. The Morgan fingerprint density at radius 2 is 2.03 bits per heavy atom. The molecule has 2 heterocycles. The lowest BCUT2D eigenvalue weighted by molar-refractivity contribution is -0.123. The first kappa shape index (κ1) is 19.9. The third-order valence-corrected chi connectivity index (χ3v) is 5.22. The van der Waals surface area contributed by atoms with Crippen LogP contribution in [0.1, 0.15) is 21.5 Å². The highest BCUT2D eigenvalue weighted by molar-refractivity contribution is 6.01. The predicted octanol–water partition coefficient (Wildman–Crippen LogP) is 1.79. The number of carbonyl (C=O) groups is 2. The van der Waals surface area contributed by atoms with Gasteiger partial charge in [0.1, 0.15) is 5.75 Å². The minimum Gasteiger partial charge on any atom is -0.497 e. The molecule has 0 unspecified atom stereocenters. The van der Waals surface area contributed by atoms with Crippen LogP contribution in [0.5, 0.6) is 23.0 Å². The molecule has 2 aromatic carbocycles. The van der Waals surface area contributed by atoms with Gasteiger partial charge >= 0.3 is 0 Å². The number of carbonyl (C=O) groups excluding carboxylic acids is 2. The normalized spacial score (nSPS) is 14.3. The van der Waals surface area contributed by atoms with Gasteiger partial charge in [-0.15, -0.1) is 0 Å². The number of benzene rings is 2. The zero-order chi connectivity index (χ0) is 21.1. The molecule has 0 aliphatic carbocycles. The van der Waals surface area contributed by atoms with E-state index in [0.717, 1.165) is 16.9 Å². The minimum atomic E-state index is -0.273. The molecule has 0 bridgehead atoms. The summed E-state index contributed by atoms with van der Waals surface area (Å²) in [5.41, 5.74) is 2.38. The molecule has 0 saturated carbocycles. The van der Waals surface area contributed by atoms with Crippen LogP contribution in [0, 0.1) is 0 Å². The molecule has 2 aliphatic heterocycles. The monoisotopic (exact) mass is 412 g/mol. The van der Waals surface area contributed by atoms with E-state index in [-0.39, 0.29) is 31.0 Å². The molecule has 0 spiro atoms. The number of fused-ring (bicyclic) bond motifs is 2. The van der Waals surface area contributed by atoms with E-state index in [1.165, 1.54) is 0 Å². The fourth-order valence-electron chi connectivity index (χ4n) is 3.54. The topological polar surface area (TPSA) is 86.3 Å². The van der Waals surface area contributed by atoms with Crippen LogP contribution in [0.25, 0.3) is 0 Å². The lowest BCUT2D eigenvalue weighted by Crippen LogP contribution is -2.35. The highest BCUT2D eigenvalue weighted by Crippen LogP contribution is 2.46. The zero-order valence-corrected chi connectivity index (χ0v) is 17.0. The third kappa shape index (κ3) is 3.98. The van der Waals surface area contributed by atoms with E-state index < -0.39 is 0 Å². The molecule has 158 valence electrons. The Bertz CT molecular complexity index is 957. The van der Waals surface area contributed by atoms with Crippen LogP contribution < -0.4 is 24.3 Å². The first-order valence-electron chi connectivity index (χ1n) is 9.80. The Morgan fingerprint density at radius 3 is 2.80 bits per heavy atom. The number of nitrogens with zero attached hydrogens (tertiary/aromatic N) is 1. The number of ether oxygens (including phenoxy) is 4. The number of methoxy groups -OCH3 is 1. The molecule has 1 N–H and O–H groups in total. The molecule has 8 heteroatoms. The van der Waals surface area contributed by atoms with Gasteiger partial charge in [0.15, 0.2) is 18.1 Å². The van der Waals surface area contributed by atoms with E-state index in [4.69, 9.17) is 18.9 Å². The first-order valence-corrected chi connectivity index (χ1v) is 9.80. The van der Waals surface area contributed by atoms with Crippen LogP contribution in [-0.4, -0.2) is 57.4 Å². The van der Waals surface area contributed by atoms with E-state index in [0.29, 0.717) is 43.0 Å². The van der Waals surface area contributed by atoms with Crippen molar-refractivity contribution >= 4 is 11.8 Å². The smallest absolute Gasteiger partial charge is 0.257 e. The number of nitrogens with one attached hydrogen (secondary N) is 1. The van der Waals surface area contributed by atoms with Crippen LogP contribution in [0.15, 0.2) is 30.3 Å². The number of hydrogen-bond acceptors (Lipinski definition) is 6. The maximum atomic E-state index is 12.7. The molecule has 0 aromatic heterocycles. The summed E-state index contributed by atoms with van der Waals surface area (Å²) in [5.74, 6) is 1.57. The number of amides is 2. The van der Waals surface area contributed by atoms with Crippen LogP contribution in [0.3, 0.4) is 0 Å². The van der Waals surface area contributed by atoms with Gasteiger partial charge in [-0.25, -0.2) is 0 Å². The molecule has 0 fully saturated rings. The van der Waals surface area contributed by atoms with Gasteiger partial charge < -0.3 is 29.2 Å². The van der Waals surface area contributed by atoms with Crippen molar-refractivity contribution in [2.75, 3.05) is 40.6 Å². The Balaban J connectivity index is 1.39. The van der Waals surface area contributed by atoms with Crippen molar-refractivity contribution in [2.24, 2.45) is 0 Å². The van der Waals surface area contributed by atoms with Crippen LogP contribution in [0.4, 0.5) is 0 Å². The van der Waals surface area contributed by atoms with E-state index in [9.17, 15) is 9.59 Å². The molecule has 4 rings (SSSR count). The lowest BCUT2D eigenvalue weighted by atomic mass is 9.97. The summed E-state index contributed by atoms with van der Waals surface area (Å²) >= 11 is 0. The van der Waals surface area contributed by atoms with Crippen molar-refractivity contribution in [1.29, 1.82) is 0 Å². The molecular formula is C22H24N2O6. The Morgan fingerprint density at radius 1 is 1.23 bits per heavy atom. The Labute approximate surface area is 174 Å². The SMILES string of the molecule is COc1ccc(CCNC(=O)COc2c3c(cc4c2C(=O)N(C)CC4)OCO3)cc1. The van der Waals surface area contributed by atoms with Gasteiger partial charge in [0.25, 0.3) is 11.8 Å². The van der Waals surface area contributed by atoms with Crippen LogP contribution in [0.2, 0.25) is 0 Å². The maximum Gasteiger partial charge on any atom is 0.257 e. The van der Waals surface area contributed by atoms with Crippen LogP contribution in [-0.2, 0) is 17.6 Å². The second-order valence-electron chi connectivity index (χ2n) is 7.19.